The molecule has 334 valence electrons. The molecule has 8 rings (SSSR count). The lowest BCUT2D eigenvalue weighted by molar-refractivity contribution is -0.139. The number of hydrogen-bond acceptors (Lipinski definition) is 7. The van der Waals surface area contributed by atoms with Gasteiger partial charge in [-0.25, -0.2) is 31.3 Å². The highest BCUT2D eigenvalue weighted by atomic mass is 19.3. The number of amides is 4. The predicted molar refractivity (Wildman–Crippen MR) is 217 cm³/mol. The molecule has 2 aliphatic heterocycles. The van der Waals surface area contributed by atoms with Gasteiger partial charge < -0.3 is 40.6 Å². The SMILES string of the molecule is CN[C@@H](C)C(=O)N[C@H](C(=O)N1CC(F)(F)C[C@H]1Cc1c(-c2nc3cc(F)ccc3n2C[C@@H]2CC(F)(F)CN2C(=O)[C@@H](NC(=O)[C@H](C)NC)C2CC2)[nH]c2cc(F)ccc12)C1CC1. The van der Waals surface area contributed by atoms with Gasteiger partial charge in [0.2, 0.25) is 23.6 Å². The Bertz CT molecular complexity index is 2230. The molecule has 13 nitrogen and oxygen atoms in total. The Hall–Kier alpha value is -5.17. The molecule has 4 amide bonds. The molecule has 5 N–H and O–H groups in total. The second-order valence-electron chi connectivity index (χ2n) is 17.6. The number of carbonyl (C=O) groups is 4. The molecule has 2 saturated carbocycles. The summed E-state index contributed by atoms with van der Waals surface area (Å²) in [6.45, 7) is 1.17. The molecule has 2 saturated heterocycles. The number of halogens is 6. The maximum absolute atomic E-state index is 15.5. The Balaban J connectivity index is 1.18. The molecule has 62 heavy (non-hydrogen) atoms. The molecule has 4 aromatic rings. The van der Waals surface area contributed by atoms with Crippen molar-refractivity contribution in [3.63, 3.8) is 0 Å². The molecule has 4 fully saturated rings. The molecule has 2 aromatic heterocycles. The first-order chi connectivity index (χ1) is 29.4. The number of rotatable bonds is 15. The van der Waals surface area contributed by atoms with E-state index in [9.17, 15) is 28.0 Å². The van der Waals surface area contributed by atoms with Crippen LogP contribution in [0.4, 0.5) is 26.3 Å². The number of aromatic nitrogens is 3. The van der Waals surface area contributed by atoms with Crippen molar-refractivity contribution < 1.29 is 45.5 Å². The van der Waals surface area contributed by atoms with Crippen LogP contribution in [0.5, 0.6) is 0 Å². The van der Waals surface area contributed by atoms with Crippen molar-refractivity contribution in [2.24, 2.45) is 11.8 Å². The molecule has 19 heteroatoms. The Morgan fingerprint density at radius 3 is 1.84 bits per heavy atom. The van der Waals surface area contributed by atoms with E-state index >= 15 is 17.6 Å². The Labute approximate surface area is 353 Å². The first kappa shape index (κ1) is 43.5. The van der Waals surface area contributed by atoms with Crippen molar-refractivity contribution in [2.75, 3.05) is 27.2 Å². The van der Waals surface area contributed by atoms with Crippen LogP contribution in [0, 0.1) is 23.5 Å². The minimum Gasteiger partial charge on any atom is -0.352 e. The first-order valence-electron chi connectivity index (χ1n) is 21.1. The lowest BCUT2D eigenvalue weighted by Crippen LogP contribution is -2.55. The Morgan fingerprint density at radius 1 is 0.774 bits per heavy atom. The number of nitrogens with one attached hydrogen (secondary N) is 5. The van der Waals surface area contributed by atoms with Gasteiger partial charge in [-0.3, -0.25) is 19.2 Å². The summed E-state index contributed by atoms with van der Waals surface area (Å²) in [5.74, 6) is -10.4. The number of nitrogens with zero attached hydrogens (tertiary/aromatic N) is 4. The molecule has 4 aliphatic rings. The molecule has 2 aromatic carbocycles. The average Bonchev–Trinajstić information content (AvgIpc) is 4.14. The number of hydrogen-bond donors (Lipinski definition) is 5. The van der Waals surface area contributed by atoms with Gasteiger partial charge in [0.1, 0.15) is 23.7 Å². The van der Waals surface area contributed by atoms with E-state index in [-0.39, 0.29) is 47.4 Å². The van der Waals surface area contributed by atoms with E-state index in [1.165, 1.54) is 30.3 Å². The van der Waals surface area contributed by atoms with Gasteiger partial charge in [-0.15, -0.1) is 0 Å². The highest BCUT2D eigenvalue weighted by Crippen LogP contribution is 2.43. The van der Waals surface area contributed by atoms with Gasteiger partial charge in [-0.1, -0.05) is 0 Å². The molecular formula is C43H51F6N9O4. The standard InChI is InChI=1S/C43H51F6N9O4/c1-21(50-3)38(59)54-34(23-5-6-23)40(61)57-19-42(46,47)16-27(57)15-30-29-11-9-25(44)13-31(29)52-36(30)37-53-32-14-26(45)10-12-33(32)56(37)18-28-17-43(48,49)20-58(28)41(62)35(24-7-8-24)55-39(60)22(2)51-4/h9-14,21-24,27-28,34-35,50-52H,5-8,15-20H2,1-4H3,(H,54,59)(H,55,60)/t21-,22-,27+,28-,34-,35-/m0/s1. The third kappa shape index (κ3) is 8.74. The van der Waals surface area contributed by atoms with E-state index in [0.717, 1.165) is 15.9 Å². The van der Waals surface area contributed by atoms with Crippen molar-refractivity contribution >= 4 is 45.6 Å². The van der Waals surface area contributed by atoms with E-state index in [4.69, 9.17) is 4.98 Å². The molecule has 4 heterocycles. The number of benzene rings is 2. The monoisotopic (exact) mass is 871 g/mol. The Kier molecular flexibility index (Phi) is 11.6. The number of aromatic amines is 1. The lowest BCUT2D eigenvalue weighted by atomic mass is 9.98. The van der Waals surface area contributed by atoms with E-state index in [0.29, 0.717) is 42.1 Å². The smallest absolute Gasteiger partial charge is 0.267 e. The van der Waals surface area contributed by atoms with Crippen molar-refractivity contribution in [3.05, 3.63) is 53.6 Å². The fraction of sp³-hybridized carbons (Fsp3) is 0.558. The fourth-order valence-electron chi connectivity index (χ4n) is 9.01. The maximum atomic E-state index is 15.5. The summed E-state index contributed by atoms with van der Waals surface area (Å²) >= 11 is 0. The van der Waals surface area contributed by atoms with Crippen molar-refractivity contribution in [1.29, 1.82) is 0 Å². The topological polar surface area (TPSA) is 156 Å². The van der Waals surface area contributed by atoms with Gasteiger partial charge in [-0.05, 0) is 108 Å². The van der Waals surface area contributed by atoms with Crippen LogP contribution in [-0.4, -0.2) is 123 Å². The Morgan fingerprint density at radius 2 is 1.29 bits per heavy atom. The van der Waals surface area contributed by atoms with Gasteiger partial charge in [0.25, 0.3) is 11.8 Å². The predicted octanol–water partition coefficient (Wildman–Crippen LogP) is 4.48. The van der Waals surface area contributed by atoms with E-state index in [2.05, 4.69) is 26.3 Å². The highest BCUT2D eigenvalue weighted by molar-refractivity contribution is 5.93. The van der Waals surface area contributed by atoms with Crippen LogP contribution in [0.3, 0.4) is 0 Å². The molecule has 2 aliphatic carbocycles. The second kappa shape index (κ2) is 16.5. The third-order valence-electron chi connectivity index (χ3n) is 12.9. The second-order valence-corrected chi connectivity index (χ2v) is 17.6. The van der Waals surface area contributed by atoms with Crippen LogP contribution in [0.1, 0.15) is 57.9 Å². The lowest BCUT2D eigenvalue weighted by Gasteiger charge is -2.30. The van der Waals surface area contributed by atoms with Crippen LogP contribution in [0.15, 0.2) is 36.4 Å². The van der Waals surface area contributed by atoms with Crippen molar-refractivity contribution in [2.45, 2.75) is 113 Å². The molecule has 6 atom stereocenters. The van der Waals surface area contributed by atoms with Crippen molar-refractivity contribution in [3.8, 4) is 11.5 Å². The molecule has 0 spiro atoms. The zero-order valence-electron chi connectivity index (χ0n) is 34.8. The van der Waals surface area contributed by atoms with E-state index < -0.39 is 109 Å². The minimum absolute atomic E-state index is 0.0847. The summed E-state index contributed by atoms with van der Waals surface area (Å²) in [5, 5.41) is 11.6. The molecular weight excluding hydrogens is 821 g/mol. The van der Waals surface area contributed by atoms with Crippen LogP contribution >= 0.6 is 0 Å². The van der Waals surface area contributed by atoms with Crippen LogP contribution in [-0.2, 0) is 32.1 Å². The summed E-state index contributed by atoms with van der Waals surface area (Å²) in [5.41, 5.74) is 1.28. The minimum atomic E-state index is -3.30. The number of likely N-dealkylation sites (tertiary alicyclic amines) is 2. The number of likely N-dealkylation sites (N-methyl/N-ethyl adjacent to an activating group) is 2. The summed E-state index contributed by atoms with van der Waals surface area (Å²) < 4.78 is 93.2. The van der Waals surface area contributed by atoms with Gasteiger partial charge in [0, 0.05) is 42.4 Å². The zero-order chi connectivity index (χ0) is 44.4. The number of alkyl halides is 4. The van der Waals surface area contributed by atoms with Gasteiger partial charge in [-0.2, -0.15) is 0 Å². The number of carbonyl (C=O) groups excluding carboxylic acids is 4. The van der Waals surface area contributed by atoms with E-state index in [1.807, 2.05) is 0 Å². The normalized spacial score (nSPS) is 22.8. The third-order valence-corrected chi connectivity index (χ3v) is 12.9. The van der Waals surface area contributed by atoms with Gasteiger partial charge in [0.15, 0.2) is 5.82 Å². The molecule has 0 radical (unpaired) electrons. The maximum Gasteiger partial charge on any atom is 0.267 e. The number of fused-ring (bicyclic) bond motifs is 2. The first-order valence-corrected chi connectivity index (χ1v) is 21.1. The summed E-state index contributed by atoms with van der Waals surface area (Å²) in [4.78, 5) is 64.4. The summed E-state index contributed by atoms with van der Waals surface area (Å²) in [6, 6.07) is 2.05. The summed E-state index contributed by atoms with van der Waals surface area (Å²) in [7, 11) is 3.17. The number of imidazole rings is 1. The summed E-state index contributed by atoms with van der Waals surface area (Å²) in [6.07, 6.45) is 0.900. The quantitative estimate of drug-likeness (QED) is 0.110. The highest BCUT2D eigenvalue weighted by Gasteiger charge is 2.52. The molecule has 0 bridgehead atoms. The average molecular weight is 872 g/mol. The molecule has 0 unspecified atom stereocenters. The van der Waals surface area contributed by atoms with E-state index in [1.54, 1.807) is 32.5 Å². The van der Waals surface area contributed by atoms with Gasteiger partial charge in [0.05, 0.1) is 47.9 Å². The zero-order valence-corrected chi connectivity index (χ0v) is 34.8. The number of H-pyrrole nitrogens is 1. The van der Waals surface area contributed by atoms with Crippen LogP contribution in [0.2, 0.25) is 0 Å². The van der Waals surface area contributed by atoms with Crippen molar-refractivity contribution in [1.82, 2.24) is 45.6 Å². The largest absolute Gasteiger partial charge is 0.352 e. The van der Waals surface area contributed by atoms with Crippen LogP contribution < -0.4 is 21.3 Å². The van der Waals surface area contributed by atoms with Gasteiger partial charge >= 0.3 is 0 Å². The van der Waals surface area contributed by atoms with Crippen LogP contribution in [0.25, 0.3) is 33.5 Å². The fourth-order valence-corrected chi connectivity index (χ4v) is 9.01.